The SMILES string of the molecule is Cc1cccc(OCC[n+]2ccc(C3CC=CCC3)cc2)c1.[I-]. The molecule has 1 atom stereocenters. The highest BCUT2D eigenvalue weighted by Gasteiger charge is 2.13. The first-order chi connectivity index (χ1) is 10.8. The molecule has 1 aliphatic carbocycles. The number of rotatable bonds is 5. The van der Waals surface area contributed by atoms with E-state index in [-0.39, 0.29) is 24.0 Å². The molecule has 0 aliphatic heterocycles. The molecule has 0 spiro atoms. The molecule has 2 aromatic rings. The zero-order valence-electron chi connectivity index (χ0n) is 13.6. The first-order valence-electron chi connectivity index (χ1n) is 8.15. The van der Waals surface area contributed by atoms with Crippen LogP contribution in [-0.4, -0.2) is 6.61 Å². The zero-order valence-corrected chi connectivity index (χ0v) is 15.8. The monoisotopic (exact) mass is 421 g/mol. The molecule has 0 saturated carbocycles. The molecule has 0 amide bonds. The van der Waals surface area contributed by atoms with Gasteiger partial charge in [-0.25, -0.2) is 4.57 Å². The van der Waals surface area contributed by atoms with Crippen LogP contribution in [0.2, 0.25) is 0 Å². The first kappa shape index (κ1) is 18.0. The van der Waals surface area contributed by atoms with E-state index in [0.29, 0.717) is 12.5 Å². The minimum Gasteiger partial charge on any atom is -1.00 e. The van der Waals surface area contributed by atoms with Gasteiger partial charge in [-0.05, 0) is 55.4 Å². The van der Waals surface area contributed by atoms with Crippen molar-refractivity contribution in [2.45, 2.75) is 38.6 Å². The smallest absolute Gasteiger partial charge is 0.182 e. The quantitative estimate of drug-likeness (QED) is 0.402. The fraction of sp³-hybridized carbons (Fsp3) is 0.350. The predicted molar refractivity (Wildman–Crippen MR) is 89.0 cm³/mol. The molecule has 0 radical (unpaired) electrons. The van der Waals surface area contributed by atoms with E-state index in [1.807, 2.05) is 12.1 Å². The standard InChI is InChI=1S/C20H24NO.HI/c1-17-6-5-9-20(16-17)22-15-14-21-12-10-19(11-13-21)18-7-3-2-4-8-18;/h2-3,5-6,9-13,16,18H,4,7-8,14-15H2,1H3;1H/q+1;/p-1. The van der Waals surface area contributed by atoms with Crippen LogP contribution < -0.4 is 33.3 Å². The summed E-state index contributed by atoms with van der Waals surface area (Å²) in [6.07, 6.45) is 12.6. The van der Waals surface area contributed by atoms with Crippen molar-refractivity contribution in [2.24, 2.45) is 0 Å². The third-order valence-corrected chi connectivity index (χ3v) is 4.27. The Hall–Kier alpha value is -1.36. The summed E-state index contributed by atoms with van der Waals surface area (Å²) >= 11 is 0. The average molecular weight is 421 g/mol. The molecule has 1 aromatic carbocycles. The molecular formula is C20H24INO. The van der Waals surface area contributed by atoms with Crippen molar-refractivity contribution in [3.63, 3.8) is 0 Å². The maximum absolute atomic E-state index is 5.81. The third-order valence-electron chi connectivity index (χ3n) is 4.27. The number of aromatic nitrogens is 1. The van der Waals surface area contributed by atoms with Gasteiger partial charge in [0.15, 0.2) is 18.9 Å². The lowest BCUT2D eigenvalue weighted by atomic mass is 9.88. The van der Waals surface area contributed by atoms with Crippen LogP contribution in [0.3, 0.4) is 0 Å². The topological polar surface area (TPSA) is 13.1 Å². The second-order valence-corrected chi connectivity index (χ2v) is 6.02. The van der Waals surface area contributed by atoms with Gasteiger partial charge >= 0.3 is 0 Å². The summed E-state index contributed by atoms with van der Waals surface area (Å²) < 4.78 is 8.00. The van der Waals surface area contributed by atoms with Crippen LogP contribution in [0, 0.1) is 6.92 Å². The molecule has 23 heavy (non-hydrogen) atoms. The van der Waals surface area contributed by atoms with E-state index < -0.39 is 0 Å². The van der Waals surface area contributed by atoms with Crippen molar-refractivity contribution >= 4 is 0 Å². The lowest BCUT2D eigenvalue weighted by molar-refractivity contribution is -0.697. The lowest BCUT2D eigenvalue weighted by Gasteiger charge is -2.17. The van der Waals surface area contributed by atoms with Gasteiger partial charge < -0.3 is 28.7 Å². The maximum Gasteiger partial charge on any atom is 0.182 e. The summed E-state index contributed by atoms with van der Waals surface area (Å²) in [6.45, 7) is 3.65. The fourth-order valence-electron chi connectivity index (χ4n) is 2.96. The molecular weight excluding hydrogens is 397 g/mol. The fourth-order valence-corrected chi connectivity index (χ4v) is 2.96. The predicted octanol–water partition coefficient (Wildman–Crippen LogP) is 1.19. The Morgan fingerprint density at radius 1 is 1.13 bits per heavy atom. The van der Waals surface area contributed by atoms with Crippen molar-refractivity contribution < 1.29 is 33.3 Å². The molecule has 1 heterocycles. The minimum absolute atomic E-state index is 0. The Kier molecular flexibility index (Phi) is 7.09. The summed E-state index contributed by atoms with van der Waals surface area (Å²) in [5, 5.41) is 0. The second-order valence-electron chi connectivity index (χ2n) is 6.02. The van der Waals surface area contributed by atoms with E-state index in [0.717, 1.165) is 12.3 Å². The molecule has 1 aliphatic rings. The van der Waals surface area contributed by atoms with Crippen LogP contribution in [0.4, 0.5) is 0 Å². The average Bonchev–Trinajstić information content (AvgIpc) is 2.56. The number of nitrogens with zero attached hydrogens (tertiary/aromatic N) is 1. The van der Waals surface area contributed by atoms with Gasteiger partial charge in [0.25, 0.3) is 0 Å². The van der Waals surface area contributed by atoms with Crippen LogP contribution in [0.1, 0.15) is 36.3 Å². The number of hydrogen-bond donors (Lipinski definition) is 0. The Labute approximate surface area is 156 Å². The van der Waals surface area contributed by atoms with Crippen LogP contribution in [-0.2, 0) is 6.54 Å². The molecule has 0 saturated heterocycles. The minimum atomic E-state index is 0. The maximum atomic E-state index is 5.81. The third kappa shape index (κ3) is 5.34. The second kappa shape index (κ2) is 9.06. The van der Waals surface area contributed by atoms with Crippen LogP contribution >= 0.6 is 0 Å². The first-order valence-corrected chi connectivity index (χ1v) is 8.15. The number of allylic oxidation sites excluding steroid dienone is 2. The molecule has 1 unspecified atom stereocenters. The van der Waals surface area contributed by atoms with Crippen molar-refractivity contribution in [1.82, 2.24) is 0 Å². The van der Waals surface area contributed by atoms with Gasteiger partial charge in [-0.1, -0.05) is 24.3 Å². The highest BCUT2D eigenvalue weighted by atomic mass is 127. The Morgan fingerprint density at radius 2 is 1.96 bits per heavy atom. The molecule has 3 rings (SSSR count). The van der Waals surface area contributed by atoms with Gasteiger partial charge in [0, 0.05) is 12.1 Å². The van der Waals surface area contributed by atoms with Gasteiger partial charge in [0.05, 0.1) is 0 Å². The van der Waals surface area contributed by atoms with Gasteiger partial charge in [-0.3, -0.25) is 0 Å². The summed E-state index contributed by atoms with van der Waals surface area (Å²) in [4.78, 5) is 0. The summed E-state index contributed by atoms with van der Waals surface area (Å²) in [6, 6.07) is 12.7. The summed E-state index contributed by atoms with van der Waals surface area (Å²) in [5.74, 6) is 1.65. The number of pyridine rings is 1. The molecule has 3 heteroatoms. The van der Waals surface area contributed by atoms with E-state index in [1.54, 1.807) is 0 Å². The van der Waals surface area contributed by atoms with Crippen molar-refractivity contribution in [3.05, 3.63) is 72.1 Å². The Bertz CT molecular complexity index is 636. The van der Waals surface area contributed by atoms with Gasteiger partial charge in [-0.2, -0.15) is 0 Å². The summed E-state index contributed by atoms with van der Waals surface area (Å²) in [7, 11) is 0. The van der Waals surface area contributed by atoms with E-state index in [9.17, 15) is 0 Å². The Morgan fingerprint density at radius 3 is 2.65 bits per heavy atom. The van der Waals surface area contributed by atoms with Crippen LogP contribution in [0.25, 0.3) is 0 Å². The number of aryl methyl sites for hydroxylation is 1. The lowest BCUT2D eigenvalue weighted by Crippen LogP contribution is -3.00. The van der Waals surface area contributed by atoms with Gasteiger partial charge in [-0.15, -0.1) is 0 Å². The number of hydrogen-bond acceptors (Lipinski definition) is 1. The van der Waals surface area contributed by atoms with Gasteiger partial charge in [0.2, 0.25) is 0 Å². The van der Waals surface area contributed by atoms with Crippen LogP contribution in [0.15, 0.2) is 60.9 Å². The zero-order chi connectivity index (χ0) is 15.2. The molecule has 122 valence electrons. The largest absolute Gasteiger partial charge is 1.00 e. The normalized spacial score (nSPS) is 16.7. The number of benzene rings is 1. The highest BCUT2D eigenvalue weighted by molar-refractivity contribution is 5.27. The number of halogens is 1. The molecule has 0 N–H and O–H groups in total. The number of ether oxygens (including phenoxy) is 1. The highest BCUT2D eigenvalue weighted by Crippen LogP contribution is 2.28. The van der Waals surface area contributed by atoms with Gasteiger partial charge in [0.1, 0.15) is 12.4 Å². The van der Waals surface area contributed by atoms with Crippen molar-refractivity contribution in [1.29, 1.82) is 0 Å². The van der Waals surface area contributed by atoms with E-state index in [2.05, 4.69) is 60.3 Å². The van der Waals surface area contributed by atoms with E-state index >= 15 is 0 Å². The molecule has 1 aromatic heterocycles. The van der Waals surface area contributed by atoms with E-state index in [4.69, 9.17) is 4.74 Å². The van der Waals surface area contributed by atoms with E-state index in [1.165, 1.54) is 30.4 Å². The van der Waals surface area contributed by atoms with Crippen molar-refractivity contribution in [3.8, 4) is 5.75 Å². The van der Waals surface area contributed by atoms with Crippen LogP contribution in [0.5, 0.6) is 5.75 Å². The summed E-state index contributed by atoms with van der Waals surface area (Å²) in [5.41, 5.74) is 2.69. The molecule has 0 bridgehead atoms. The molecule has 0 fully saturated rings. The van der Waals surface area contributed by atoms with Crippen molar-refractivity contribution in [2.75, 3.05) is 6.61 Å². The Balaban J connectivity index is 0.00000192. The molecule has 2 nitrogen and oxygen atoms in total.